The van der Waals surface area contributed by atoms with Gasteiger partial charge in [0.1, 0.15) is 0 Å². The Bertz CT molecular complexity index is 1260. The van der Waals surface area contributed by atoms with Crippen LogP contribution in [0.1, 0.15) is 56.5 Å². The number of rotatable bonds is 8. The molecule has 180 valence electrons. The normalized spacial score (nSPS) is 11.3. The summed E-state index contributed by atoms with van der Waals surface area (Å²) >= 11 is 0. The van der Waals surface area contributed by atoms with E-state index in [0.29, 0.717) is 11.3 Å². The number of carbonyl (C=O) groups excluding carboxylic acids is 3. The van der Waals surface area contributed by atoms with Crippen molar-refractivity contribution in [1.82, 2.24) is 4.90 Å². The average molecular weight is 476 g/mol. The van der Waals surface area contributed by atoms with Gasteiger partial charge in [0.15, 0.2) is 0 Å². The Hall–Kier alpha value is -4.53. The quantitative estimate of drug-likeness (QED) is 0.282. The van der Waals surface area contributed by atoms with Crippen LogP contribution in [0.25, 0.3) is 0 Å². The zero-order valence-electron chi connectivity index (χ0n) is 19.6. The molecule has 35 heavy (non-hydrogen) atoms. The first-order valence-corrected chi connectivity index (χ1v) is 10.9. The predicted molar refractivity (Wildman–Crippen MR) is 130 cm³/mol. The van der Waals surface area contributed by atoms with Crippen LogP contribution in [0.3, 0.4) is 0 Å². The molecule has 9 heteroatoms. The van der Waals surface area contributed by atoms with Crippen molar-refractivity contribution in [2.75, 3.05) is 19.0 Å². The van der Waals surface area contributed by atoms with Crippen molar-refractivity contribution in [1.29, 1.82) is 0 Å². The standard InChI is InChI=1S/C26H25N3O6/c1-4-35-26(32)21-13-20(15-23(16-21)29(33)34)25(31)28(3)17(2)19-11-8-12-22(14-19)27-24(30)18-9-6-5-7-10-18/h5-17H,4H2,1-3H3,(H,27,30). The smallest absolute Gasteiger partial charge is 0.338 e. The second-order valence-electron chi connectivity index (χ2n) is 7.78. The fraction of sp³-hybridized carbons (Fsp3) is 0.192. The molecule has 0 aliphatic carbocycles. The number of nitro groups is 1. The van der Waals surface area contributed by atoms with E-state index in [1.807, 2.05) is 12.1 Å². The fourth-order valence-electron chi connectivity index (χ4n) is 3.44. The summed E-state index contributed by atoms with van der Waals surface area (Å²) in [6, 6.07) is 18.9. The van der Waals surface area contributed by atoms with Crippen molar-refractivity contribution in [3.05, 3.63) is 105 Å². The molecule has 1 N–H and O–H groups in total. The van der Waals surface area contributed by atoms with E-state index >= 15 is 0 Å². The van der Waals surface area contributed by atoms with Gasteiger partial charge in [-0.3, -0.25) is 19.7 Å². The third-order valence-electron chi connectivity index (χ3n) is 5.45. The number of benzene rings is 3. The summed E-state index contributed by atoms with van der Waals surface area (Å²) in [5.74, 6) is -1.52. The number of hydrogen-bond donors (Lipinski definition) is 1. The molecule has 0 fully saturated rings. The summed E-state index contributed by atoms with van der Waals surface area (Å²) in [4.78, 5) is 49.9. The van der Waals surface area contributed by atoms with Gasteiger partial charge in [-0.05, 0) is 49.7 Å². The van der Waals surface area contributed by atoms with Gasteiger partial charge in [-0.25, -0.2) is 4.79 Å². The number of nitro benzene ring substituents is 1. The minimum Gasteiger partial charge on any atom is -0.462 e. The molecule has 3 aromatic carbocycles. The van der Waals surface area contributed by atoms with Crippen LogP contribution in [0, 0.1) is 10.1 Å². The zero-order chi connectivity index (χ0) is 25.5. The highest BCUT2D eigenvalue weighted by Gasteiger charge is 2.24. The third kappa shape index (κ3) is 6.08. The van der Waals surface area contributed by atoms with Gasteiger partial charge in [0, 0.05) is 36.0 Å². The summed E-state index contributed by atoms with van der Waals surface area (Å²) in [7, 11) is 1.56. The Morgan fingerprint density at radius 1 is 0.971 bits per heavy atom. The largest absolute Gasteiger partial charge is 0.462 e. The first-order valence-electron chi connectivity index (χ1n) is 10.9. The Morgan fingerprint density at radius 2 is 1.66 bits per heavy atom. The lowest BCUT2D eigenvalue weighted by Crippen LogP contribution is -2.30. The van der Waals surface area contributed by atoms with Crippen LogP contribution < -0.4 is 5.32 Å². The number of esters is 1. The van der Waals surface area contributed by atoms with E-state index in [1.165, 1.54) is 11.0 Å². The molecule has 2 amide bonds. The van der Waals surface area contributed by atoms with Gasteiger partial charge in [0.05, 0.1) is 23.1 Å². The van der Waals surface area contributed by atoms with E-state index < -0.39 is 22.8 Å². The lowest BCUT2D eigenvalue weighted by Gasteiger charge is -2.26. The van der Waals surface area contributed by atoms with Crippen molar-refractivity contribution in [2.45, 2.75) is 19.9 Å². The molecule has 0 spiro atoms. The molecule has 1 unspecified atom stereocenters. The topological polar surface area (TPSA) is 119 Å². The van der Waals surface area contributed by atoms with Crippen molar-refractivity contribution < 1.29 is 24.0 Å². The SMILES string of the molecule is CCOC(=O)c1cc(C(=O)N(C)C(C)c2cccc(NC(=O)c3ccccc3)c2)cc([N+](=O)[O-])c1. The second-order valence-corrected chi connectivity index (χ2v) is 7.78. The monoisotopic (exact) mass is 475 g/mol. The molecular formula is C26H25N3O6. The molecule has 1 atom stereocenters. The minimum absolute atomic E-state index is 0.00913. The van der Waals surface area contributed by atoms with Crippen molar-refractivity contribution in [3.63, 3.8) is 0 Å². The summed E-state index contributed by atoms with van der Waals surface area (Å²) in [5.41, 5.74) is 1.35. The Labute approximate surface area is 202 Å². The van der Waals surface area contributed by atoms with Crippen molar-refractivity contribution in [3.8, 4) is 0 Å². The highest BCUT2D eigenvalue weighted by atomic mass is 16.6. The van der Waals surface area contributed by atoms with E-state index in [-0.39, 0.29) is 29.3 Å². The van der Waals surface area contributed by atoms with Gasteiger partial charge < -0.3 is 15.0 Å². The number of anilines is 1. The molecule has 0 aliphatic heterocycles. The second kappa shape index (κ2) is 11.1. The molecule has 0 radical (unpaired) electrons. The number of ether oxygens (including phenoxy) is 1. The van der Waals surface area contributed by atoms with Crippen LogP contribution in [0.5, 0.6) is 0 Å². The maximum atomic E-state index is 13.2. The van der Waals surface area contributed by atoms with Crippen LogP contribution in [0.15, 0.2) is 72.8 Å². The molecule has 0 saturated carbocycles. The first kappa shape index (κ1) is 25.1. The van der Waals surface area contributed by atoms with Crippen LogP contribution in [-0.4, -0.2) is 41.3 Å². The summed E-state index contributed by atoms with van der Waals surface area (Å²) in [6.07, 6.45) is 0. The maximum absolute atomic E-state index is 13.2. The third-order valence-corrected chi connectivity index (χ3v) is 5.45. The Morgan fingerprint density at radius 3 is 2.31 bits per heavy atom. The number of nitrogens with zero attached hydrogens (tertiary/aromatic N) is 2. The number of carbonyl (C=O) groups is 3. The molecular weight excluding hydrogens is 450 g/mol. The first-order chi connectivity index (χ1) is 16.7. The summed E-state index contributed by atoms with van der Waals surface area (Å²) in [6.45, 7) is 3.51. The number of nitrogens with one attached hydrogen (secondary N) is 1. The lowest BCUT2D eigenvalue weighted by molar-refractivity contribution is -0.384. The molecule has 3 aromatic rings. The van der Waals surface area contributed by atoms with Crippen LogP contribution in [0.4, 0.5) is 11.4 Å². The lowest BCUT2D eigenvalue weighted by atomic mass is 10.0. The molecule has 3 rings (SSSR count). The minimum atomic E-state index is -0.747. The number of amides is 2. The van der Waals surface area contributed by atoms with Gasteiger partial charge in [0.2, 0.25) is 0 Å². The highest BCUT2D eigenvalue weighted by Crippen LogP contribution is 2.26. The predicted octanol–water partition coefficient (Wildman–Crippen LogP) is 4.86. The highest BCUT2D eigenvalue weighted by molar-refractivity contribution is 6.04. The van der Waals surface area contributed by atoms with E-state index in [1.54, 1.807) is 63.4 Å². The van der Waals surface area contributed by atoms with Crippen LogP contribution >= 0.6 is 0 Å². The van der Waals surface area contributed by atoms with E-state index in [2.05, 4.69) is 5.32 Å². The molecule has 0 heterocycles. The fourth-order valence-corrected chi connectivity index (χ4v) is 3.44. The Kier molecular flexibility index (Phi) is 7.93. The Balaban J connectivity index is 1.83. The molecule has 0 aliphatic rings. The van der Waals surface area contributed by atoms with Gasteiger partial charge in [-0.15, -0.1) is 0 Å². The molecule has 0 bridgehead atoms. The molecule has 0 saturated heterocycles. The van der Waals surface area contributed by atoms with E-state index in [0.717, 1.165) is 17.7 Å². The van der Waals surface area contributed by atoms with Gasteiger partial charge in [0.25, 0.3) is 17.5 Å². The molecule has 9 nitrogen and oxygen atoms in total. The summed E-state index contributed by atoms with van der Waals surface area (Å²) < 4.78 is 4.93. The van der Waals surface area contributed by atoms with E-state index in [9.17, 15) is 24.5 Å². The van der Waals surface area contributed by atoms with Gasteiger partial charge in [-0.2, -0.15) is 0 Å². The van der Waals surface area contributed by atoms with Crippen molar-refractivity contribution in [2.24, 2.45) is 0 Å². The average Bonchev–Trinajstić information content (AvgIpc) is 2.87. The van der Waals surface area contributed by atoms with E-state index in [4.69, 9.17) is 4.74 Å². The van der Waals surface area contributed by atoms with Gasteiger partial charge in [-0.1, -0.05) is 30.3 Å². The maximum Gasteiger partial charge on any atom is 0.338 e. The number of hydrogen-bond acceptors (Lipinski definition) is 6. The zero-order valence-corrected chi connectivity index (χ0v) is 19.6. The van der Waals surface area contributed by atoms with Crippen LogP contribution in [-0.2, 0) is 4.74 Å². The van der Waals surface area contributed by atoms with Gasteiger partial charge >= 0.3 is 5.97 Å². The summed E-state index contributed by atoms with van der Waals surface area (Å²) in [5, 5.41) is 14.2. The van der Waals surface area contributed by atoms with Crippen molar-refractivity contribution >= 4 is 29.2 Å². The number of non-ortho nitro benzene ring substituents is 1. The van der Waals surface area contributed by atoms with Crippen LogP contribution in [0.2, 0.25) is 0 Å². The molecule has 0 aromatic heterocycles.